The molecule has 0 aromatic rings. The van der Waals surface area contributed by atoms with Gasteiger partial charge < -0.3 is 16.2 Å². The van der Waals surface area contributed by atoms with Gasteiger partial charge in [-0.3, -0.25) is 4.79 Å². The summed E-state index contributed by atoms with van der Waals surface area (Å²) in [5.41, 5.74) is 5.05. The molecule has 0 aromatic carbocycles. The van der Waals surface area contributed by atoms with E-state index in [1.54, 1.807) is 20.8 Å². The Labute approximate surface area is 85.9 Å². The zero-order valence-electron chi connectivity index (χ0n) is 9.50. The first-order chi connectivity index (χ1) is 6.29. The van der Waals surface area contributed by atoms with Gasteiger partial charge in [-0.05, 0) is 27.2 Å². The third-order valence-electron chi connectivity index (χ3n) is 2.48. The first kappa shape index (κ1) is 13.4. The molecule has 2 atom stereocenters. The molecule has 4 nitrogen and oxygen atoms in total. The maximum atomic E-state index is 11.4. The SMILES string of the molecule is CCC(N)CC(=O)NC(C)(C)C(C)O. The van der Waals surface area contributed by atoms with Crippen molar-refractivity contribution in [1.82, 2.24) is 5.32 Å². The van der Waals surface area contributed by atoms with Crippen LogP contribution in [0.1, 0.15) is 40.5 Å². The molecule has 0 bridgehead atoms. The van der Waals surface area contributed by atoms with E-state index in [9.17, 15) is 9.90 Å². The van der Waals surface area contributed by atoms with Gasteiger partial charge in [0, 0.05) is 12.5 Å². The molecule has 2 unspecified atom stereocenters. The number of rotatable bonds is 5. The quantitative estimate of drug-likeness (QED) is 0.603. The average molecular weight is 202 g/mol. The predicted octanol–water partition coefficient (Wildman–Crippen LogP) is 0.389. The molecular formula is C10H22N2O2. The van der Waals surface area contributed by atoms with Gasteiger partial charge in [-0.2, -0.15) is 0 Å². The van der Waals surface area contributed by atoms with Crippen LogP contribution in [0.4, 0.5) is 0 Å². The van der Waals surface area contributed by atoms with Crippen LogP contribution in [-0.4, -0.2) is 28.7 Å². The molecule has 4 N–H and O–H groups in total. The number of aliphatic hydroxyl groups is 1. The van der Waals surface area contributed by atoms with E-state index in [2.05, 4.69) is 5.32 Å². The number of aliphatic hydroxyl groups excluding tert-OH is 1. The molecule has 0 aromatic heterocycles. The number of nitrogens with one attached hydrogen (secondary N) is 1. The van der Waals surface area contributed by atoms with Crippen LogP contribution in [0.15, 0.2) is 0 Å². The monoisotopic (exact) mass is 202 g/mol. The van der Waals surface area contributed by atoms with Crippen molar-refractivity contribution in [2.45, 2.75) is 58.2 Å². The Morgan fingerprint density at radius 3 is 2.43 bits per heavy atom. The van der Waals surface area contributed by atoms with Gasteiger partial charge in [0.25, 0.3) is 0 Å². The Kier molecular flexibility index (Phi) is 5.08. The Hall–Kier alpha value is -0.610. The fourth-order valence-electron chi connectivity index (χ4n) is 0.897. The minimum Gasteiger partial charge on any atom is -0.391 e. The lowest BCUT2D eigenvalue weighted by Gasteiger charge is -2.29. The number of carbonyl (C=O) groups excluding carboxylic acids is 1. The summed E-state index contributed by atoms with van der Waals surface area (Å²) in [5.74, 6) is -0.106. The van der Waals surface area contributed by atoms with Crippen molar-refractivity contribution >= 4 is 5.91 Å². The summed E-state index contributed by atoms with van der Waals surface area (Å²) in [6, 6.07) is -0.0974. The molecule has 4 heteroatoms. The van der Waals surface area contributed by atoms with E-state index in [0.717, 1.165) is 6.42 Å². The van der Waals surface area contributed by atoms with Crippen molar-refractivity contribution < 1.29 is 9.90 Å². The highest BCUT2D eigenvalue weighted by atomic mass is 16.3. The number of hydrogen-bond donors (Lipinski definition) is 3. The molecule has 0 aliphatic carbocycles. The van der Waals surface area contributed by atoms with Gasteiger partial charge in [0.05, 0.1) is 11.6 Å². The lowest BCUT2D eigenvalue weighted by Crippen LogP contribution is -2.51. The van der Waals surface area contributed by atoms with Crippen molar-refractivity contribution in [2.24, 2.45) is 5.73 Å². The third-order valence-corrected chi connectivity index (χ3v) is 2.48. The minimum atomic E-state index is -0.593. The third kappa shape index (κ3) is 4.58. The minimum absolute atomic E-state index is 0.0974. The van der Waals surface area contributed by atoms with Crippen LogP contribution in [0.25, 0.3) is 0 Å². The van der Waals surface area contributed by atoms with E-state index >= 15 is 0 Å². The molecule has 0 radical (unpaired) electrons. The van der Waals surface area contributed by atoms with E-state index in [1.165, 1.54) is 0 Å². The zero-order chi connectivity index (χ0) is 11.4. The van der Waals surface area contributed by atoms with Crippen LogP contribution in [0.2, 0.25) is 0 Å². The molecular weight excluding hydrogens is 180 g/mol. The number of carbonyl (C=O) groups is 1. The smallest absolute Gasteiger partial charge is 0.222 e. The lowest BCUT2D eigenvalue weighted by atomic mass is 9.98. The summed E-state index contributed by atoms with van der Waals surface area (Å²) in [6.45, 7) is 7.16. The second kappa shape index (κ2) is 5.32. The average Bonchev–Trinajstić information content (AvgIpc) is 2.02. The number of hydrogen-bond acceptors (Lipinski definition) is 3. The molecule has 0 rings (SSSR count). The maximum Gasteiger partial charge on any atom is 0.222 e. The van der Waals surface area contributed by atoms with E-state index in [0.29, 0.717) is 6.42 Å². The summed E-state index contributed by atoms with van der Waals surface area (Å²) in [4.78, 5) is 11.4. The van der Waals surface area contributed by atoms with E-state index in [1.807, 2.05) is 6.92 Å². The van der Waals surface area contributed by atoms with E-state index < -0.39 is 11.6 Å². The van der Waals surface area contributed by atoms with Crippen LogP contribution < -0.4 is 11.1 Å². The first-order valence-electron chi connectivity index (χ1n) is 5.04. The van der Waals surface area contributed by atoms with Crippen LogP contribution in [0, 0.1) is 0 Å². The molecule has 14 heavy (non-hydrogen) atoms. The van der Waals surface area contributed by atoms with Crippen LogP contribution in [0.3, 0.4) is 0 Å². The van der Waals surface area contributed by atoms with Gasteiger partial charge in [-0.1, -0.05) is 6.92 Å². The summed E-state index contributed by atoms with van der Waals surface area (Å²) in [5, 5.41) is 12.1. The molecule has 0 aliphatic rings. The van der Waals surface area contributed by atoms with Gasteiger partial charge in [-0.15, -0.1) is 0 Å². The molecule has 0 saturated carbocycles. The number of nitrogens with two attached hydrogens (primary N) is 1. The summed E-state index contributed by atoms with van der Waals surface area (Å²) >= 11 is 0. The molecule has 0 heterocycles. The van der Waals surface area contributed by atoms with Crippen molar-refractivity contribution in [3.05, 3.63) is 0 Å². The van der Waals surface area contributed by atoms with Gasteiger partial charge >= 0.3 is 0 Å². The second-order valence-corrected chi connectivity index (χ2v) is 4.32. The first-order valence-corrected chi connectivity index (χ1v) is 5.04. The van der Waals surface area contributed by atoms with Crippen molar-refractivity contribution in [1.29, 1.82) is 0 Å². The molecule has 0 saturated heterocycles. The highest BCUT2D eigenvalue weighted by Gasteiger charge is 2.26. The molecule has 0 aliphatic heterocycles. The Morgan fingerprint density at radius 1 is 1.57 bits per heavy atom. The largest absolute Gasteiger partial charge is 0.391 e. The summed E-state index contributed by atoms with van der Waals surface area (Å²) in [6.07, 6.45) is 0.513. The fraction of sp³-hybridized carbons (Fsp3) is 0.900. The topological polar surface area (TPSA) is 75.4 Å². The Balaban J connectivity index is 4.06. The molecule has 0 fully saturated rings. The fourth-order valence-corrected chi connectivity index (χ4v) is 0.897. The van der Waals surface area contributed by atoms with Gasteiger partial charge in [0.2, 0.25) is 5.91 Å². The van der Waals surface area contributed by atoms with Crippen LogP contribution in [-0.2, 0) is 4.79 Å². The van der Waals surface area contributed by atoms with Gasteiger partial charge in [-0.25, -0.2) is 0 Å². The van der Waals surface area contributed by atoms with E-state index in [4.69, 9.17) is 5.73 Å². The Bertz CT molecular complexity index is 191. The van der Waals surface area contributed by atoms with Gasteiger partial charge in [0.1, 0.15) is 0 Å². The van der Waals surface area contributed by atoms with Gasteiger partial charge in [0.15, 0.2) is 0 Å². The van der Waals surface area contributed by atoms with Crippen molar-refractivity contribution in [3.63, 3.8) is 0 Å². The second-order valence-electron chi connectivity index (χ2n) is 4.32. The highest BCUT2D eigenvalue weighted by molar-refractivity contribution is 5.77. The highest BCUT2D eigenvalue weighted by Crippen LogP contribution is 2.08. The normalized spacial score (nSPS) is 16.1. The maximum absolute atomic E-state index is 11.4. The molecule has 1 amide bonds. The van der Waals surface area contributed by atoms with E-state index in [-0.39, 0.29) is 11.9 Å². The van der Waals surface area contributed by atoms with Crippen molar-refractivity contribution in [2.75, 3.05) is 0 Å². The van der Waals surface area contributed by atoms with Crippen molar-refractivity contribution in [3.8, 4) is 0 Å². The Morgan fingerprint density at radius 2 is 2.07 bits per heavy atom. The summed E-state index contributed by atoms with van der Waals surface area (Å²) < 4.78 is 0. The van der Waals surface area contributed by atoms with Crippen LogP contribution >= 0.6 is 0 Å². The zero-order valence-corrected chi connectivity index (χ0v) is 9.50. The number of amides is 1. The molecule has 84 valence electrons. The lowest BCUT2D eigenvalue weighted by molar-refractivity contribution is -0.124. The van der Waals surface area contributed by atoms with Crippen LogP contribution in [0.5, 0.6) is 0 Å². The molecule has 0 spiro atoms. The standard InChI is InChI=1S/C10H22N2O2/c1-5-8(11)6-9(14)12-10(3,4)7(2)13/h7-8,13H,5-6,11H2,1-4H3,(H,12,14). The predicted molar refractivity (Wildman–Crippen MR) is 56.8 cm³/mol. The summed E-state index contributed by atoms with van der Waals surface area (Å²) in [7, 11) is 0.